The second-order valence-electron chi connectivity index (χ2n) is 16.2. The first kappa shape index (κ1) is 34.1. The van der Waals surface area contributed by atoms with Crippen molar-refractivity contribution in [1.82, 2.24) is 0 Å². The average molecular weight is 740 g/mol. The minimum absolute atomic E-state index is 0.167. The summed E-state index contributed by atoms with van der Waals surface area (Å²) in [6, 6.07) is 78.1. The highest BCUT2D eigenvalue weighted by Gasteiger charge is 2.36. The van der Waals surface area contributed by atoms with Gasteiger partial charge in [-0.05, 0) is 149 Å². The highest BCUT2D eigenvalue weighted by atomic mass is 15.1. The zero-order valence-corrected chi connectivity index (χ0v) is 32.7. The van der Waals surface area contributed by atoms with Gasteiger partial charge in [0.15, 0.2) is 0 Å². The molecule has 0 spiro atoms. The number of nitrogens with zero attached hydrogens (tertiary/aromatic N) is 1. The van der Waals surface area contributed by atoms with E-state index >= 15 is 0 Å². The van der Waals surface area contributed by atoms with Crippen LogP contribution in [-0.2, 0) is 5.41 Å². The SMILES string of the molecule is CC1(C)c2cc(-c3cccc4ccccc34)ccc2-c2ccc(N(c3ccccc3)c3ccc(-c4ccc5cc(-c6ccc7ccccc7c6)ccc5c4)cc3)cc21. The van der Waals surface area contributed by atoms with Crippen LogP contribution in [0.15, 0.2) is 212 Å². The maximum Gasteiger partial charge on any atom is 0.0465 e. The van der Waals surface area contributed by atoms with Gasteiger partial charge in [0, 0.05) is 22.5 Å². The lowest BCUT2D eigenvalue weighted by Gasteiger charge is -2.28. The first-order valence-electron chi connectivity index (χ1n) is 20.2. The van der Waals surface area contributed by atoms with Crippen molar-refractivity contribution >= 4 is 49.4 Å². The van der Waals surface area contributed by atoms with E-state index in [1.54, 1.807) is 0 Å². The zero-order chi connectivity index (χ0) is 38.8. The van der Waals surface area contributed by atoms with Crippen LogP contribution in [0.25, 0.3) is 76.8 Å². The predicted molar refractivity (Wildman–Crippen MR) is 248 cm³/mol. The molecule has 0 aromatic heterocycles. The molecule has 0 fully saturated rings. The van der Waals surface area contributed by atoms with Crippen LogP contribution in [-0.4, -0.2) is 0 Å². The molecule has 0 unspecified atom stereocenters. The van der Waals surface area contributed by atoms with Crippen molar-refractivity contribution in [3.05, 3.63) is 223 Å². The Kier molecular flexibility index (Phi) is 7.91. The number of fused-ring (bicyclic) bond motifs is 6. The number of hydrogen-bond donors (Lipinski definition) is 0. The lowest BCUT2D eigenvalue weighted by molar-refractivity contribution is 0.660. The van der Waals surface area contributed by atoms with Crippen molar-refractivity contribution in [2.24, 2.45) is 0 Å². The van der Waals surface area contributed by atoms with Gasteiger partial charge >= 0.3 is 0 Å². The van der Waals surface area contributed by atoms with E-state index in [0.717, 1.165) is 17.1 Å². The normalized spacial score (nSPS) is 12.8. The molecule has 0 N–H and O–H groups in total. The van der Waals surface area contributed by atoms with Gasteiger partial charge in [-0.1, -0.05) is 166 Å². The Labute approximate surface area is 340 Å². The summed E-state index contributed by atoms with van der Waals surface area (Å²) in [7, 11) is 0. The smallest absolute Gasteiger partial charge is 0.0465 e. The highest BCUT2D eigenvalue weighted by Crippen LogP contribution is 2.52. The Morgan fingerprint density at radius 1 is 0.293 bits per heavy atom. The standard InChI is InChI=1S/C57H41N/c1-57(2)55-36-47(52-18-10-14-40-12-8-9-17-51(40)52)27-31-53(55)54-32-30-50(37-56(54)57)58(48-15-4-3-5-16-48)49-28-25-39(26-29-49)42-21-22-45-35-46(24-23-44(45)34-42)43-20-19-38-11-6-7-13-41(38)33-43/h3-37H,1-2H3. The van der Waals surface area contributed by atoms with Crippen LogP contribution in [0, 0.1) is 0 Å². The first-order valence-corrected chi connectivity index (χ1v) is 20.2. The molecule has 58 heavy (non-hydrogen) atoms. The summed E-state index contributed by atoms with van der Waals surface area (Å²) in [4.78, 5) is 2.39. The van der Waals surface area contributed by atoms with Gasteiger partial charge in [0.05, 0.1) is 0 Å². The van der Waals surface area contributed by atoms with Gasteiger partial charge in [0.1, 0.15) is 0 Å². The highest BCUT2D eigenvalue weighted by molar-refractivity contribution is 5.98. The van der Waals surface area contributed by atoms with Crippen LogP contribution >= 0.6 is 0 Å². The fraction of sp³-hybridized carbons (Fsp3) is 0.0526. The summed E-state index contributed by atoms with van der Waals surface area (Å²) < 4.78 is 0. The summed E-state index contributed by atoms with van der Waals surface area (Å²) in [5.74, 6) is 0. The van der Waals surface area contributed by atoms with Crippen molar-refractivity contribution in [3.63, 3.8) is 0 Å². The molecule has 11 rings (SSSR count). The van der Waals surface area contributed by atoms with Gasteiger partial charge in [0.2, 0.25) is 0 Å². The number of para-hydroxylation sites is 1. The fourth-order valence-corrected chi connectivity index (χ4v) is 9.31. The van der Waals surface area contributed by atoms with E-state index in [2.05, 4.69) is 231 Å². The zero-order valence-electron chi connectivity index (χ0n) is 32.7. The monoisotopic (exact) mass is 739 g/mol. The second-order valence-corrected chi connectivity index (χ2v) is 16.2. The number of benzene rings is 10. The Balaban J connectivity index is 0.919. The lowest BCUT2D eigenvalue weighted by atomic mass is 9.81. The van der Waals surface area contributed by atoms with E-state index in [1.807, 2.05) is 0 Å². The summed E-state index contributed by atoms with van der Waals surface area (Å²) in [6.07, 6.45) is 0. The largest absolute Gasteiger partial charge is 0.310 e. The van der Waals surface area contributed by atoms with Crippen molar-refractivity contribution in [2.45, 2.75) is 19.3 Å². The van der Waals surface area contributed by atoms with E-state index in [9.17, 15) is 0 Å². The summed E-state index contributed by atoms with van der Waals surface area (Å²) in [5, 5.41) is 7.57. The molecule has 0 radical (unpaired) electrons. The molecule has 0 heterocycles. The fourth-order valence-electron chi connectivity index (χ4n) is 9.31. The summed E-state index contributed by atoms with van der Waals surface area (Å²) >= 11 is 0. The van der Waals surface area contributed by atoms with Crippen LogP contribution in [0.3, 0.4) is 0 Å². The van der Waals surface area contributed by atoms with Crippen molar-refractivity contribution in [1.29, 1.82) is 0 Å². The third-order valence-electron chi connectivity index (χ3n) is 12.4. The molecule has 10 aromatic carbocycles. The number of rotatable bonds is 6. The van der Waals surface area contributed by atoms with Crippen LogP contribution in [0.2, 0.25) is 0 Å². The molecule has 1 nitrogen and oxygen atoms in total. The summed E-state index contributed by atoms with van der Waals surface area (Å²) in [6.45, 7) is 4.76. The molecule has 10 aromatic rings. The summed E-state index contributed by atoms with van der Waals surface area (Å²) in [5.41, 5.74) is 16.1. The topological polar surface area (TPSA) is 3.24 Å². The Morgan fingerprint density at radius 2 is 0.776 bits per heavy atom. The van der Waals surface area contributed by atoms with Gasteiger partial charge < -0.3 is 4.90 Å². The van der Waals surface area contributed by atoms with Crippen molar-refractivity contribution in [3.8, 4) is 44.5 Å². The molecule has 0 atom stereocenters. The first-order chi connectivity index (χ1) is 28.5. The Hall–Kier alpha value is -7.22. The minimum atomic E-state index is -0.167. The Morgan fingerprint density at radius 3 is 1.50 bits per heavy atom. The molecular formula is C57H41N. The van der Waals surface area contributed by atoms with Crippen LogP contribution in [0.1, 0.15) is 25.0 Å². The quantitative estimate of drug-likeness (QED) is 0.164. The van der Waals surface area contributed by atoms with E-state index in [-0.39, 0.29) is 5.41 Å². The molecule has 0 aliphatic heterocycles. The predicted octanol–water partition coefficient (Wildman–Crippen LogP) is 15.9. The molecule has 0 saturated carbocycles. The van der Waals surface area contributed by atoms with Gasteiger partial charge in [-0.3, -0.25) is 0 Å². The molecule has 0 saturated heterocycles. The van der Waals surface area contributed by atoms with E-state index in [0.29, 0.717) is 0 Å². The van der Waals surface area contributed by atoms with E-state index < -0.39 is 0 Å². The maximum atomic E-state index is 2.43. The van der Waals surface area contributed by atoms with Gasteiger partial charge in [-0.15, -0.1) is 0 Å². The van der Waals surface area contributed by atoms with Gasteiger partial charge in [0.25, 0.3) is 0 Å². The van der Waals surface area contributed by atoms with Crippen molar-refractivity contribution in [2.75, 3.05) is 4.90 Å². The average Bonchev–Trinajstić information content (AvgIpc) is 3.51. The molecule has 0 bridgehead atoms. The third-order valence-corrected chi connectivity index (χ3v) is 12.4. The van der Waals surface area contributed by atoms with Crippen molar-refractivity contribution < 1.29 is 0 Å². The van der Waals surface area contributed by atoms with Gasteiger partial charge in [-0.2, -0.15) is 0 Å². The van der Waals surface area contributed by atoms with Crippen LogP contribution in [0.4, 0.5) is 17.1 Å². The van der Waals surface area contributed by atoms with Gasteiger partial charge in [-0.25, -0.2) is 0 Å². The third kappa shape index (κ3) is 5.70. The number of anilines is 3. The second kappa shape index (κ2) is 13.5. The molecule has 274 valence electrons. The number of hydrogen-bond acceptors (Lipinski definition) is 1. The molecule has 0 amide bonds. The maximum absolute atomic E-state index is 2.43. The van der Waals surface area contributed by atoms with E-state index in [4.69, 9.17) is 0 Å². The lowest BCUT2D eigenvalue weighted by Crippen LogP contribution is -2.16. The Bertz CT molecular complexity index is 3180. The van der Waals surface area contributed by atoms with E-state index in [1.165, 1.54) is 88.0 Å². The molecule has 1 aliphatic rings. The minimum Gasteiger partial charge on any atom is -0.310 e. The molecular weight excluding hydrogens is 699 g/mol. The van der Waals surface area contributed by atoms with Crippen LogP contribution < -0.4 is 4.90 Å². The van der Waals surface area contributed by atoms with Crippen LogP contribution in [0.5, 0.6) is 0 Å². The molecule has 1 heteroatoms. The molecule has 1 aliphatic carbocycles.